The molecule has 0 aliphatic carbocycles. The first-order chi connectivity index (χ1) is 16.8. The highest BCUT2D eigenvalue weighted by Gasteiger charge is 2.15. The number of methoxy groups -OCH3 is 1. The molecule has 9 heteroatoms. The van der Waals surface area contributed by atoms with Gasteiger partial charge in [0.05, 0.1) is 13.3 Å². The van der Waals surface area contributed by atoms with E-state index in [0.29, 0.717) is 21.2 Å². The Morgan fingerprint density at radius 2 is 1.74 bits per heavy atom. The van der Waals surface area contributed by atoms with Crippen LogP contribution in [0.5, 0.6) is 11.5 Å². The summed E-state index contributed by atoms with van der Waals surface area (Å²) < 4.78 is 5.78. The molecular weight excluding hydrogens is 512 g/mol. The van der Waals surface area contributed by atoms with Gasteiger partial charge < -0.3 is 20.1 Å². The lowest BCUT2D eigenvalue weighted by molar-refractivity contribution is -0.117. The molecule has 0 fully saturated rings. The van der Waals surface area contributed by atoms with Gasteiger partial charge in [-0.3, -0.25) is 9.59 Å². The lowest BCUT2D eigenvalue weighted by Gasteiger charge is -2.13. The number of nitrogens with one attached hydrogen (secondary N) is 2. The van der Waals surface area contributed by atoms with Crippen LogP contribution in [0.4, 0.5) is 5.69 Å². The number of anilines is 1. The zero-order valence-electron chi connectivity index (χ0n) is 19.4. The minimum Gasteiger partial charge on any atom is -0.504 e. The fourth-order valence-electron chi connectivity index (χ4n) is 3.05. The number of carbonyl (C=O) groups is 2. The standard InChI is InChI=1S/C26H25BrN4O4/c1-31(2)21-11-9-17(10-12-21)13-22(29-25(33)18-7-5-4-6-8-18)26(34)30-28-16-19-14-20(27)15-23(35-3)24(19)32/h4-16,32H,1-3H3,(H,29,33)(H,30,34)/b22-13-,28-16-. The number of phenols is 1. The van der Waals surface area contributed by atoms with Crippen LogP contribution in [0.25, 0.3) is 6.08 Å². The predicted octanol–water partition coefficient (Wildman–Crippen LogP) is 4.15. The van der Waals surface area contributed by atoms with Crippen molar-refractivity contribution in [2.24, 2.45) is 5.10 Å². The van der Waals surface area contributed by atoms with E-state index in [1.807, 2.05) is 43.3 Å². The van der Waals surface area contributed by atoms with Gasteiger partial charge in [0.15, 0.2) is 11.5 Å². The first-order valence-corrected chi connectivity index (χ1v) is 11.3. The molecule has 180 valence electrons. The van der Waals surface area contributed by atoms with Crippen LogP contribution in [-0.2, 0) is 4.79 Å². The van der Waals surface area contributed by atoms with Gasteiger partial charge >= 0.3 is 0 Å². The molecule has 0 aliphatic rings. The van der Waals surface area contributed by atoms with Gasteiger partial charge in [-0.25, -0.2) is 5.43 Å². The van der Waals surface area contributed by atoms with Crippen LogP contribution in [0, 0.1) is 0 Å². The van der Waals surface area contributed by atoms with Gasteiger partial charge in [0.2, 0.25) is 0 Å². The van der Waals surface area contributed by atoms with Crippen LogP contribution in [0.1, 0.15) is 21.5 Å². The van der Waals surface area contributed by atoms with Crippen LogP contribution in [0.3, 0.4) is 0 Å². The third-order valence-electron chi connectivity index (χ3n) is 4.91. The third-order valence-corrected chi connectivity index (χ3v) is 5.37. The second-order valence-corrected chi connectivity index (χ2v) is 8.52. The van der Waals surface area contributed by atoms with E-state index in [0.717, 1.165) is 5.69 Å². The molecule has 8 nitrogen and oxygen atoms in total. The van der Waals surface area contributed by atoms with Crippen LogP contribution in [0.15, 0.2) is 82.0 Å². The minimum absolute atomic E-state index is 0.00431. The second kappa shape index (κ2) is 11.8. The van der Waals surface area contributed by atoms with Crippen molar-refractivity contribution in [2.45, 2.75) is 0 Å². The number of aromatic hydroxyl groups is 1. The Labute approximate surface area is 212 Å². The van der Waals surface area contributed by atoms with Crippen LogP contribution >= 0.6 is 15.9 Å². The maximum Gasteiger partial charge on any atom is 0.287 e. The van der Waals surface area contributed by atoms with Gasteiger partial charge in [-0.05, 0) is 48.0 Å². The summed E-state index contributed by atoms with van der Waals surface area (Å²) in [6.07, 6.45) is 2.84. The topological polar surface area (TPSA) is 103 Å². The lowest BCUT2D eigenvalue weighted by atomic mass is 10.1. The van der Waals surface area contributed by atoms with Crippen molar-refractivity contribution in [3.05, 3.63) is 93.6 Å². The summed E-state index contributed by atoms with van der Waals surface area (Å²) in [7, 11) is 5.29. The van der Waals surface area contributed by atoms with Crippen LogP contribution in [0.2, 0.25) is 0 Å². The number of hydrogen-bond donors (Lipinski definition) is 3. The molecule has 0 unspecified atom stereocenters. The van der Waals surface area contributed by atoms with Crippen molar-refractivity contribution in [1.82, 2.24) is 10.7 Å². The number of rotatable bonds is 8. The van der Waals surface area contributed by atoms with Gasteiger partial charge in [-0.1, -0.05) is 46.3 Å². The summed E-state index contributed by atoms with van der Waals surface area (Å²) in [6.45, 7) is 0. The van der Waals surface area contributed by atoms with E-state index in [1.54, 1.807) is 48.5 Å². The maximum atomic E-state index is 12.9. The van der Waals surface area contributed by atoms with Crippen molar-refractivity contribution in [1.29, 1.82) is 0 Å². The van der Waals surface area contributed by atoms with Gasteiger partial charge in [0.1, 0.15) is 5.70 Å². The number of nitrogens with zero attached hydrogens (tertiary/aromatic N) is 2. The third kappa shape index (κ3) is 6.94. The zero-order valence-corrected chi connectivity index (χ0v) is 21.0. The average Bonchev–Trinajstić information content (AvgIpc) is 2.86. The molecule has 0 aliphatic heterocycles. The van der Waals surface area contributed by atoms with Crippen LogP contribution in [-0.4, -0.2) is 44.3 Å². The number of halogens is 1. The molecule has 0 radical (unpaired) electrons. The number of carbonyl (C=O) groups excluding carboxylic acids is 2. The maximum absolute atomic E-state index is 12.9. The van der Waals surface area contributed by atoms with Crippen molar-refractivity contribution in [3.8, 4) is 11.5 Å². The molecule has 3 aromatic rings. The Morgan fingerprint density at radius 3 is 2.37 bits per heavy atom. The lowest BCUT2D eigenvalue weighted by Crippen LogP contribution is -2.32. The Balaban J connectivity index is 1.85. The SMILES string of the molecule is COc1cc(Br)cc(/C=N\NC(=O)/C(=C/c2ccc(N(C)C)cc2)NC(=O)c2ccccc2)c1O. The van der Waals surface area contributed by atoms with E-state index < -0.39 is 11.8 Å². The van der Waals surface area contributed by atoms with E-state index >= 15 is 0 Å². The molecule has 3 N–H and O–H groups in total. The molecule has 0 bridgehead atoms. The van der Waals surface area contributed by atoms with Crippen molar-refractivity contribution in [2.75, 3.05) is 26.1 Å². The van der Waals surface area contributed by atoms with Gasteiger partial charge in [-0.2, -0.15) is 5.10 Å². The monoisotopic (exact) mass is 536 g/mol. The Hall–Kier alpha value is -4.11. The van der Waals surface area contributed by atoms with Crippen molar-refractivity contribution in [3.63, 3.8) is 0 Å². The van der Waals surface area contributed by atoms with E-state index in [9.17, 15) is 14.7 Å². The van der Waals surface area contributed by atoms with E-state index in [2.05, 4.69) is 31.8 Å². The molecule has 0 saturated carbocycles. The summed E-state index contributed by atoms with van der Waals surface area (Å²) in [6, 6.07) is 19.3. The highest BCUT2D eigenvalue weighted by Crippen LogP contribution is 2.32. The number of ether oxygens (including phenoxy) is 1. The van der Waals surface area contributed by atoms with Gasteiger partial charge in [0, 0.05) is 35.4 Å². The Bertz CT molecular complexity index is 1260. The molecule has 3 rings (SSSR count). The van der Waals surface area contributed by atoms with E-state index in [1.165, 1.54) is 13.3 Å². The van der Waals surface area contributed by atoms with Crippen molar-refractivity contribution < 1.29 is 19.4 Å². The van der Waals surface area contributed by atoms with Crippen LogP contribution < -0.4 is 20.4 Å². The highest BCUT2D eigenvalue weighted by atomic mass is 79.9. The summed E-state index contributed by atoms with van der Waals surface area (Å²) in [5.41, 5.74) is 4.84. The summed E-state index contributed by atoms with van der Waals surface area (Å²) in [4.78, 5) is 27.6. The summed E-state index contributed by atoms with van der Waals surface area (Å²) in [5, 5.41) is 16.9. The Kier molecular flexibility index (Phi) is 8.63. The molecule has 0 atom stereocenters. The second-order valence-electron chi connectivity index (χ2n) is 7.61. The largest absolute Gasteiger partial charge is 0.504 e. The van der Waals surface area contributed by atoms with E-state index in [-0.39, 0.29) is 17.2 Å². The normalized spacial score (nSPS) is 11.3. The number of hydrogen-bond acceptors (Lipinski definition) is 6. The zero-order chi connectivity index (χ0) is 25.4. The molecule has 35 heavy (non-hydrogen) atoms. The summed E-state index contributed by atoms with van der Waals surface area (Å²) >= 11 is 3.33. The molecular formula is C26H25BrN4O4. The van der Waals surface area contributed by atoms with Crippen molar-refractivity contribution >= 4 is 45.7 Å². The molecule has 2 amide bonds. The summed E-state index contributed by atoms with van der Waals surface area (Å²) in [5.74, 6) is -0.939. The molecule has 3 aromatic carbocycles. The van der Waals surface area contributed by atoms with Gasteiger partial charge in [-0.15, -0.1) is 0 Å². The first-order valence-electron chi connectivity index (χ1n) is 10.5. The van der Waals surface area contributed by atoms with E-state index in [4.69, 9.17) is 4.74 Å². The molecule has 0 spiro atoms. The highest BCUT2D eigenvalue weighted by molar-refractivity contribution is 9.10. The first kappa shape index (κ1) is 25.5. The molecule has 0 aromatic heterocycles. The number of hydrazone groups is 1. The minimum atomic E-state index is -0.635. The Morgan fingerprint density at radius 1 is 1.06 bits per heavy atom. The quantitative estimate of drug-likeness (QED) is 0.228. The fourth-order valence-corrected chi connectivity index (χ4v) is 3.50. The number of benzene rings is 3. The predicted molar refractivity (Wildman–Crippen MR) is 141 cm³/mol. The molecule has 0 saturated heterocycles. The number of phenolic OH excluding ortho intramolecular Hbond substituents is 1. The number of amides is 2. The molecule has 0 heterocycles. The average molecular weight is 537 g/mol. The van der Waals surface area contributed by atoms with Gasteiger partial charge in [0.25, 0.3) is 11.8 Å². The fraction of sp³-hybridized carbons (Fsp3) is 0.115. The smallest absolute Gasteiger partial charge is 0.287 e.